The van der Waals surface area contributed by atoms with Gasteiger partial charge in [-0.25, -0.2) is 0 Å². The Bertz CT molecular complexity index is 326. The van der Waals surface area contributed by atoms with Crippen LogP contribution in [0.3, 0.4) is 0 Å². The standard InChI is InChI=1S/C10H14BrNO2/c1-10(12,6-13)7-4-3-5-8(14-2)9(7)11/h3-5,13H,6,12H2,1-2H3. The van der Waals surface area contributed by atoms with Crippen LogP contribution in [0.5, 0.6) is 5.75 Å². The molecule has 1 aromatic rings. The number of aliphatic hydroxyl groups is 1. The van der Waals surface area contributed by atoms with E-state index in [0.717, 1.165) is 10.0 Å². The van der Waals surface area contributed by atoms with Crippen molar-refractivity contribution < 1.29 is 9.84 Å². The van der Waals surface area contributed by atoms with E-state index in [-0.39, 0.29) is 6.61 Å². The van der Waals surface area contributed by atoms with Gasteiger partial charge in [0.25, 0.3) is 0 Å². The maximum Gasteiger partial charge on any atom is 0.133 e. The van der Waals surface area contributed by atoms with Crippen LogP contribution in [0, 0.1) is 0 Å². The van der Waals surface area contributed by atoms with E-state index in [9.17, 15) is 0 Å². The Labute approximate surface area is 92.0 Å². The molecule has 3 nitrogen and oxygen atoms in total. The second kappa shape index (κ2) is 4.29. The minimum absolute atomic E-state index is 0.112. The van der Waals surface area contributed by atoms with Gasteiger partial charge in [-0.15, -0.1) is 0 Å². The Morgan fingerprint density at radius 1 is 1.57 bits per heavy atom. The largest absolute Gasteiger partial charge is 0.496 e. The molecular weight excluding hydrogens is 246 g/mol. The Kier molecular flexibility index (Phi) is 3.53. The summed E-state index contributed by atoms with van der Waals surface area (Å²) in [6.07, 6.45) is 0. The molecule has 1 unspecified atom stereocenters. The van der Waals surface area contributed by atoms with E-state index in [2.05, 4.69) is 15.9 Å². The van der Waals surface area contributed by atoms with Crippen LogP contribution < -0.4 is 10.5 Å². The molecule has 0 aliphatic rings. The van der Waals surface area contributed by atoms with Gasteiger partial charge in [-0.05, 0) is 34.5 Å². The summed E-state index contributed by atoms with van der Waals surface area (Å²) in [5, 5.41) is 9.15. The normalized spacial score (nSPS) is 14.9. The third-order valence-electron chi connectivity index (χ3n) is 2.13. The van der Waals surface area contributed by atoms with Crippen LogP contribution in [-0.2, 0) is 5.54 Å². The van der Waals surface area contributed by atoms with Crippen LogP contribution in [0.4, 0.5) is 0 Å². The van der Waals surface area contributed by atoms with Crippen LogP contribution in [0.1, 0.15) is 12.5 Å². The zero-order valence-electron chi connectivity index (χ0n) is 8.25. The summed E-state index contributed by atoms with van der Waals surface area (Å²) < 4.78 is 5.93. The third-order valence-corrected chi connectivity index (χ3v) is 2.94. The minimum Gasteiger partial charge on any atom is -0.496 e. The highest BCUT2D eigenvalue weighted by Crippen LogP contribution is 2.33. The van der Waals surface area contributed by atoms with Crippen molar-refractivity contribution in [3.63, 3.8) is 0 Å². The number of methoxy groups -OCH3 is 1. The second-order valence-corrected chi connectivity index (χ2v) is 4.19. The predicted octanol–water partition coefficient (Wildman–Crippen LogP) is 1.62. The number of hydrogen-bond donors (Lipinski definition) is 2. The molecular formula is C10H14BrNO2. The van der Waals surface area contributed by atoms with Crippen molar-refractivity contribution in [2.75, 3.05) is 13.7 Å². The van der Waals surface area contributed by atoms with Crippen molar-refractivity contribution in [1.82, 2.24) is 0 Å². The fraction of sp³-hybridized carbons (Fsp3) is 0.400. The zero-order chi connectivity index (χ0) is 10.8. The molecule has 0 aliphatic carbocycles. The summed E-state index contributed by atoms with van der Waals surface area (Å²) in [4.78, 5) is 0. The monoisotopic (exact) mass is 259 g/mol. The third kappa shape index (κ3) is 2.08. The highest BCUT2D eigenvalue weighted by molar-refractivity contribution is 9.10. The van der Waals surface area contributed by atoms with Gasteiger partial charge in [0.1, 0.15) is 5.75 Å². The molecule has 78 valence electrons. The van der Waals surface area contributed by atoms with Crippen molar-refractivity contribution in [3.05, 3.63) is 28.2 Å². The van der Waals surface area contributed by atoms with Crippen molar-refractivity contribution >= 4 is 15.9 Å². The number of halogens is 1. The Morgan fingerprint density at radius 2 is 2.21 bits per heavy atom. The first-order valence-corrected chi connectivity index (χ1v) is 5.05. The lowest BCUT2D eigenvalue weighted by Gasteiger charge is -2.24. The van der Waals surface area contributed by atoms with E-state index in [1.54, 1.807) is 14.0 Å². The smallest absolute Gasteiger partial charge is 0.133 e. The van der Waals surface area contributed by atoms with Crippen LogP contribution in [-0.4, -0.2) is 18.8 Å². The highest BCUT2D eigenvalue weighted by atomic mass is 79.9. The fourth-order valence-corrected chi connectivity index (χ4v) is 2.07. The molecule has 0 aliphatic heterocycles. The Hall–Kier alpha value is -0.580. The zero-order valence-corrected chi connectivity index (χ0v) is 9.84. The van der Waals surface area contributed by atoms with Crippen LogP contribution in [0.15, 0.2) is 22.7 Å². The lowest BCUT2D eigenvalue weighted by atomic mass is 9.94. The van der Waals surface area contributed by atoms with Crippen molar-refractivity contribution in [3.8, 4) is 5.75 Å². The molecule has 1 rings (SSSR count). The second-order valence-electron chi connectivity index (χ2n) is 3.40. The van der Waals surface area contributed by atoms with Gasteiger partial charge >= 0.3 is 0 Å². The van der Waals surface area contributed by atoms with Gasteiger partial charge in [-0.1, -0.05) is 12.1 Å². The molecule has 1 aromatic carbocycles. The van der Waals surface area contributed by atoms with Gasteiger partial charge in [-0.3, -0.25) is 0 Å². The Morgan fingerprint density at radius 3 is 2.71 bits per heavy atom. The lowest BCUT2D eigenvalue weighted by molar-refractivity contribution is 0.209. The summed E-state index contributed by atoms with van der Waals surface area (Å²) in [5.74, 6) is 0.715. The van der Waals surface area contributed by atoms with E-state index < -0.39 is 5.54 Å². The van der Waals surface area contributed by atoms with Crippen molar-refractivity contribution in [2.45, 2.75) is 12.5 Å². The predicted molar refractivity (Wildman–Crippen MR) is 59.3 cm³/mol. The number of aliphatic hydroxyl groups excluding tert-OH is 1. The fourth-order valence-electron chi connectivity index (χ4n) is 1.19. The molecule has 0 heterocycles. The molecule has 0 amide bonds. The summed E-state index contributed by atoms with van der Waals surface area (Å²) >= 11 is 3.40. The summed E-state index contributed by atoms with van der Waals surface area (Å²) in [7, 11) is 1.59. The van der Waals surface area contributed by atoms with Crippen molar-refractivity contribution in [1.29, 1.82) is 0 Å². The maximum atomic E-state index is 9.15. The van der Waals surface area contributed by atoms with Gasteiger partial charge in [0.15, 0.2) is 0 Å². The molecule has 3 N–H and O–H groups in total. The van der Waals surface area contributed by atoms with Crippen LogP contribution in [0.2, 0.25) is 0 Å². The van der Waals surface area contributed by atoms with E-state index in [1.807, 2.05) is 18.2 Å². The minimum atomic E-state index is -0.757. The summed E-state index contributed by atoms with van der Waals surface area (Å²) in [6.45, 7) is 1.66. The van der Waals surface area contributed by atoms with E-state index in [1.165, 1.54) is 0 Å². The molecule has 4 heteroatoms. The van der Waals surface area contributed by atoms with Gasteiger partial charge in [0.05, 0.1) is 23.7 Å². The van der Waals surface area contributed by atoms with Gasteiger partial charge in [0.2, 0.25) is 0 Å². The number of nitrogens with two attached hydrogens (primary N) is 1. The molecule has 0 bridgehead atoms. The van der Waals surface area contributed by atoms with Crippen molar-refractivity contribution in [2.24, 2.45) is 5.73 Å². The Balaban J connectivity index is 3.22. The van der Waals surface area contributed by atoms with Gasteiger partial charge < -0.3 is 15.6 Å². The molecule has 1 atom stereocenters. The summed E-state index contributed by atoms with van der Waals surface area (Å²) in [5.41, 5.74) is 6.00. The molecule has 0 spiro atoms. The van der Waals surface area contributed by atoms with E-state index in [4.69, 9.17) is 15.6 Å². The topological polar surface area (TPSA) is 55.5 Å². The number of rotatable bonds is 3. The molecule has 14 heavy (non-hydrogen) atoms. The molecule has 0 saturated heterocycles. The SMILES string of the molecule is COc1cccc(C(C)(N)CO)c1Br. The van der Waals surface area contributed by atoms with E-state index >= 15 is 0 Å². The first-order chi connectivity index (χ1) is 6.53. The number of hydrogen-bond acceptors (Lipinski definition) is 3. The van der Waals surface area contributed by atoms with E-state index in [0.29, 0.717) is 5.75 Å². The average Bonchev–Trinajstić information content (AvgIpc) is 2.18. The quantitative estimate of drug-likeness (QED) is 0.868. The van der Waals surface area contributed by atoms with Crippen LogP contribution >= 0.6 is 15.9 Å². The van der Waals surface area contributed by atoms with Gasteiger partial charge in [-0.2, -0.15) is 0 Å². The highest BCUT2D eigenvalue weighted by Gasteiger charge is 2.23. The number of benzene rings is 1. The van der Waals surface area contributed by atoms with Gasteiger partial charge in [0, 0.05) is 0 Å². The van der Waals surface area contributed by atoms with Crippen LogP contribution in [0.25, 0.3) is 0 Å². The first-order valence-electron chi connectivity index (χ1n) is 4.25. The number of ether oxygens (including phenoxy) is 1. The molecule has 0 saturated carbocycles. The average molecular weight is 260 g/mol. The molecule has 0 fully saturated rings. The first kappa shape index (κ1) is 11.5. The maximum absolute atomic E-state index is 9.15. The lowest BCUT2D eigenvalue weighted by Crippen LogP contribution is -2.37. The molecule has 0 aromatic heterocycles. The summed E-state index contributed by atoms with van der Waals surface area (Å²) in [6, 6.07) is 5.55. The molecule has 0 radical (unpaired) electrons.